The third-order valence-corrected chi connectivity index (χ3v) is 2.26. The molecule has 4 heteroatoms. The minimum atomic E-state index is -0.153. The molecule has 0 unspecified atom stereocenters. The second-order valence-electron chi connectivity index (χ2n) is 3.74. The fourth-order valence-electron chi connectivity index (χ4n) is 1.11. The number of nitriles is 1. The Bertz CT molecular complexity index is 425. The van der Waals surface area contributed by atoms with Gasteiger partial charge in [0.2, 0.25) is 11.8 Å². The Morgan fingerprint density at radius 3 is 2.53 bits per heavy atom. The van der Waals surface area contributed by atoms with E-state index >= 15 is 0 Å². The lowest BCUT2D eigenvalue weighted by atomic mass is 10.1. The zero-order chi connectivity index (χ0) is 11.6. The summed E-state index contributed by atoms with van der Waals surface area (Å²) in [5.41, 5.74) is 1.18. The molecule has 0 spiro atoms. The van der Waals surface area contributed by atoms with Crippen LogP contribution in [-0.4, -0.2) is 5.91 Å². The van der Waals surface area contributed by atoms with Gasteiger partial charge < -0.3 is 4.42 Å². The van der Waals surface area contributed by atoms with E-state index in [1.807, 2.05) is 6.07 Å². The van der Waals surface area contributed by atoms with Crippen molar-refractivity contribution in [3.8, 4) is 6.07 Å². The SMILES string of the molecule is Cc1oc(NC(=O)C(C)C)c(C#N)c1C. The highest BCUT2D eigenvalue weighted by Crippen LogP contribution is 2.25. The first-order valence-electron chi connectivity index (χ1n) is 4.78. The number of hydrogen-bond donors (Lipinski definition) is 1. The highest BCUT2D eigenvalue weighted by molar-refractivity contribution is 5.92. The molecule has 1 N–H and O–H groups in total. The van der Waals surface area contributed by atoms with E-state index in [-0.39, 0.29) is 17.7 Å². The van der Waals surface area contributed by atoms with Crippen LogP contribution in [0.3, 0.4) is 0 Å². The van der Waals surface area contributed by atoms with Gasteiger partial charge in [-0.15, -0.1) is 0 Å². The van der Waals surface area contributed by atoms with Crippen LogP contribution in [0.5, 0.6) is 0 Å². The molecule has 1 amide bonds. The van der Waals surface area contributed by atoms with Gasteiger partial charge in [-0.3, -0.25) is 10.1 Å². The second kappa shape index (κ2) is 4.18. The molecule has 4 nitrogen and oxygen atoms in total. The number of furan rings is 1. The summed E-state index contributed by atoms with van der Waals surface area (Å²) in [6.45, 7) is 7.12. The average molecular weight is 206 g/mol. The highest BCUT2D eigenvalue weighted by Gasteiger charge is 2.17. The maximum absolute atomic E-state index is 11.4. The van der Waals surface area contributed by atoms with Crippen molar-refractivity contribution in [3.05, 3.63) is 16.9 Å². The Labute approximate surface area is 88.9 Å². The van der Waals surface area contributed by atoms with Crippen LogP contribution in [0.1, 0.15) is 30.7 Å². The minimum Gasteiger partial charge on any atom is -0.444 e. The van der Waals surface area contributed by atoms with Crippen molar-refractivity contribution in [2.45, 2.75) is 27.7 Å². The quantitative estimate of drug-likeness (QED) is 0.807. The van der Waals surface area contributed by atoms with Crippen molar-refractivity contribution in [1.29, 1.82) is 5.26 Å². The summed E-state index contributed by atoms with van der Waals surface area (Å²) in [6.07, 6.45) is 0. The molecule has 0 aliphatic heterocycles. The molecule has 0 radical (unpaired) electrons. The van der Waals surface area contributed by atoms with Crippen LogP contribution in [0.25, 0.3) is 0 Å². The Morgan fingerprint density at radius 2 is 2.07 bits per heavy atom. The molecule has 0 aromatic carbocycles. The van der Waals surface area contributed by atoms with Crippen molar-refractivity contribution in [3.63, 3.8) is 0 Å². The van der Waals surface area contributed by atoms with E-state index in [9.17, 15) is 4.79 Å². The van der Waals surface area contributed by atoms with E-state index in [2.05, 4.69) is 5.32 Å². The van der Waals surface area contributed by atoms with Gasteiger partial charge in [0.25, 0.3) is 0 Å². The first kappa shape index (κ1) is 11.3. The molecule has 0 atom stereocenters. The van der Waals surface area contributed by atoms with Gasteiger partial charge in [0.1, 0.15) is 17.4 Å². The van der Waals surface area contributed by atoms with E-state index in [1.54, 1.807) is 27.7 Å². The molecule has 0 fully saturated rings. The van der Waals surface area contributed by atoms with E-state index in [4.69, 9.17) is 9.68 Å². The van der Waals surface area contributed by atoms with Gasteiger partial charge in [0.05, 0.1) is 0 Å². The molecule has 0 saturated heterocycles. The van der Waals surface area contributed by atoms with Crippen LogP contribution in [-0.2, 0) is 4.79 Å². The van der Waals surface area contributed by atoms with Gasteiger partial charge in [-0.2, -0.15) is 5.26 Å². The summed E-state index contributed by atoms with van der Waals surface area (Å²) in [6, 6.07) is 2.02. The molecule has 0 saturated carbocycles. The van der Waals surface area contributed by atoms with Gasteiger partial charge in [-0.25, -0.2) is 0 Å². The molecule has 0 aliphatic carbocycles. The average Bonchev–Trinajstić information content (AvgIpc) is 2.42. The van der Waals surface area contributed by atoms with E-state index in [0.717, 1.165) is 5.56 Å². The fourth-order valence-corrected chi connectivity index (χ4v) is 1.11. The van der Waals surface area contributed by atoms with Crippen LogP contribution in [0.2, 0.25) is 0 Å². The van der Waals surface area contributed by atoms with Crippen LogP contribution in [0, 0.1) is 31.1 Å². The number of nitrogens with zero attached hydrogens (tertiary/aromatic N) is 1. The maximum atomic E-state index is 11.4. The molecule has 1 aromatic heterocycles. The predicted octanol–water partition coefficient (Wildman–Crippen LogP) is 2.36. The number of anilines is 1. The number of amides is 1. The van der Waals surface area contributed by atoms with Crippen LogP contribution < -0.4 is 5.32 Å². The van der Waals surface area contributed by atoms with Crippen LogP contribution in [0.15, 0.2) is 4.42 Å². The maximum Gasteiger partial charge on any atom is 0.229 e. The van der Waals surface area contributed by atoms with Crippen LogP contribution >= 0.6 is 0 Å². The minimum absolute atomic E-state index is 0.137. The summed E-state index contributed by atoms with van der Waals surface area (Å²) in [4.78, 5) is 11.4. The van der Waals surface area contributed by atoms with Crippen molar-refractivity contribution in [2.24, 2.45) is 5.92 Å². The van der Waals surface area contributed by atoms with Crippen LogP contribution in [0.4, 0.5) is 5.88 Å². The Kier molecular flexibility index (Phi) is 3.15. The number of nitrogens with one attached hydrogen (secondary N) is 1. The lowest BCUT2D eigenvalue weighted by Crippen LogP contribution is -2.17. The topological polar surface area (TPSA) is 66.0 Å². The van der Waals surface area contributed by atoms with E-state index < -0.39 is 0 Å². The third-order valence-electron chi connectivity index (χ3n) is 2.26. The third kappa shape index (κ3) is 2.18. The predicted molar refractivity (Wildman–Crippen MR) is 56.4 cm³/mol. The number of rotatable bonds is 2. The lowest BCUT2D eigenvalue weighted by molar-refractivity contribution is -0.119. The zero-order valence-corrected chi connectivity index (χ0v) is 9.34. The molecule has 0 bridgehead atoms. The summed E-state index contributed by atoms with van der Waals surface area (Å²) < 4.78 is 5.30. The fraction of sp³-hybridized carbons (Fsp3) is 0.455. The Balaban J connectivity index is 3.02. The van der Waals surface area contributed by atoms with Gasteiger partial charge in [0.15, 0.2) is 0 Å². The zero-order valence-electron chi connectivity index (χ0n) is 9.34. The van der Waals surface area contributed by atoms with Crippen molar-refractivity contribution in [2.75, 3.05) is 5.32 Å². The van der Waals surface area contributed by atoms with Crippen molar-refractivity contribution >= 4 is 11.8 Å². The first-order chi connectivity index (χ1) is 6.97. The molecular formula is C11H14N2O2. The molecule has 1 aromatic rings. The standard InChI is InChI=1S/C11H14N2O2/c1-6(2)10(14)13-11-9(5-12)7(3)8(4)15-11/h6H,1-4H3,(H,13,14). The largest absolute Gasteiger partial charge is 0.444 e. The molecule has 15 heavy (non-hydrogen) atoms. The Hall–Kier alpha value is -1.76. The first-order valence-corrected chi connectivity index (χ1v) is 4.78. The van der Waals surface area contributed by atoms with E-state index in [0.29, 0.717) is 11.3 Å². The molecule has 80 valence electrons. The van der Waals surface area contributed by atoms with Gasteiger partial charge in [-0.1, -0.05) is 13.8 Å². The van der Waals surface area contributed by atoms with Crippen molar-refractivity contribution in [1.82, 2.24) is 0 Å². The summed E-state index contributed by atoms with van der Waals surface area (Å²) in [5.74, 6) is 0.624. The summed E-state index contributed by atoms with van der Waals surface area (Å²) >= 11 is 0. The van der Waals surface area contributed by atoms with Gasteiger partial charge >= 0.3 is 0 Å². The Morgan fingerprint density at radius 1 is 1.47 bits per heavy atom. The van der Waals surface area contributed by atoms with Gasteiger partial charge in [0, 0.05) is 11.5 Å². The second-order valence-corrected chi connectivity index (χ2v) is 3.74. The molecular weight excluding hydrogens is 192 g/mol. The molecule has 1 rings (SSSR count). The number of aryl methyl sites for hydroxylation is 1. The number of carbonyl (C=O) groups is 1. The van der Waals surface area contributed by atoms with Crippen molar-refractivity contribution < 1.29 is 9.21 Å². The number of carbonyl (C=O) groups excluding carboxylic acids is 1. The summed E-state index contributed by atoms with van der Waals surface area (Å²) in [7, 11) is 0. The number of hydrogen-bond acceptors (Lipinski definition) is 3. The van der Waals surface area contributed by atoms with Gasteiger partial charge in [-0.05, 0) is 13.8 Å². The molecule has 0 aliphatic rings. The van der Waals surface area contributed by atoms with E-state index in [1.165, 1.54) is 0 Å². The normalized spacial score (nSPS) is 10.1. The summed E-state index contributed by atoms with van der Waals surface area (Å²) in [5, 5.41) is 11.5. The monoisotopic (exact) mass is 206 g/mol. The smallest absolute Gasteiger partial charge is 0.229 e. The highest BCUT2D eigenvalue weighted by atomic mass is 16.4. The molecule has 1 heterocycles. The lowest BCUT2D eigenvalue weighted by Gasteiger charge is -2.04.